The summed E-state index contributed by atoms with van der Waals surface area (Å²) in [5, 5.41) is 2.78. The maximum atomic E-state index is 12.4. The smallest absolute Gasteiger partial charge is 0.248 e. The van der Waals surface area contributed by atoms with Gasteiger partial charge in [-0.2, -0.15) is 0 Å². The molecule has 6 nitrogen and oxygen atoms in total. The zero-order valence-electron chi connectivity index (χ0n) is 16.7. The Balaban J connectivity index is 1.51. The van der Waals surface area contributed by atoms with Crippen LogP contribution in [0.4, 0.5) is 5.69 Å². The van der Waals surface area contributed by atoms with Crippen LogP contribution in [-0.2, 0) is 11.2 Å². The van der Waals surface area contributed by atoms with E-state index in [1.54, 1.807) is 24.3 Å². The predicted octanol–water partition coefficient (Wildman–Crippen LogP) is 4.68. The highest BCUT2D eigenvalue weighted by Crippen LogP contribution is 2.32. The Morgan fingerprint density at radius 3 is 2.23 bits per heavy atom. The molecule has 0 saturated heterocycles. The zero-order chi connectivity index (χ0) is 21.6. The van der Waals surface area contributed by atoms with Gasteiger partial charge in [0.05, 0.1) is 0 Å². The number of rotatable bonds is 7. The fraction of sp³-hybridized carbons (Fsp3) is 0.0800. The number of carbonyl (C=O) groups excluding carboxylic acids is 2. The molecule has 0 aliphatic carbocycles. The molecule has 1 heterocycles. The molecule has 0 radical (unpaired) electrons. The second-order valence-electron chi connectivity index (χ2n) is 7.01. The third kappa shape index (κ3) is 4.87. The number of aryl methyl sites for hydroxylation is 1. The average molecular weight is 411 g/mol. The molecule has 3 N–H and O–H groups in total. The summed E-state index contributed by atoms with van der Waals surface area (Å²) in [6, 6.07) is 26.1. The van der Waals surface area contributed by atoms with E-state index in [4.69, 9.17) is 10.2 Å². The van der Waals surface area contributed by atoms with Crippen molar-refractivity contribution < 1.29 is 14.0 Å². The number of nitrogens with one attached hydrogen (secondary N) is 1. The number of carbonyl (C=O) groups is 2. The van der Waals surface area contributed by atoms with Gasteiger partial charge >= 0.3 is 0 Å². The molecule has 0 bridgehead atoms. The summed E-state index contributed by atoms with van der Waals surface area (Å²) in [5.41, 5.74) is 8.76. The Hall–Kier alpha value is -4.19. The number of amides is 2. The molecule has 0 fully saturated rings. The number of primary amides is 1. The van der Waals surface area contributed by atoms with Crippen LogP contribution in [0.5, 0.6) is 0 Å². The molecule has 3 aromatic carbocycles. The maximum Gasteiger partial charge on any atom is 0.248 e. The van der Waals surface area contributed by atoms with E-state index in [2.05, 4.69) is 10.3 Å². The number of aromatic nitrogens is 1. The van der Waals surface area contributed by atoms with Crippen LogP contribution in [0.3, 0.4) is 0 Å². The van der Waals surface area contributed by atoms with Crippen molar-refractivity contribution in [1.29, 1.82) is 0 Å². The average Bonchev–Trinajstić information content (AvgIpc) is 3.23. The highest BCUT2D eigenvalue weighted by Gasteiger charge is 2.17. The summed E-state index contributed by atoms with van der Waals surface area (Å²) in [4.78, 5) is 28.4. The van der Waals surface area contributed by atoms with Crippen molar-refractivity contribution in [2.45, 2.75) is 12.8 Å². The minimum absolute atomic E-state index is 0.184. The largest absolute Gasteiger partial charge is 0.440 e. The van der Waals surface area contributed by atoms with Crippen molar-refractivity contribution in [2.24, 2.45) is 5.73 Å². The summed E-state index contributed by atoms with van der Waals surface area (Å²) in [6.07, 6.45) is 0.526. The molecule has 0 atom stereocenters. The van der Waals surface area contributed by atoms with Gasteiger partial charge in [0.25, 0.3) is 0 Å². The van der Waals surface area contributed by atoms with Gasteiger partial charge in [-0.05, 0) is 18.2 Å². The van der Waals surface area contributed by atoms with Crippen LogP contribution in [0.25, 0.3) is 22.6 Å². The van der Waals surface area contributed by atoms with Crippen molar-refractivity contribution in [3.8, 4) is 22.6 Å². The Morgan fingerprint density at radius 1 is 0.871 bits per heavy atom. The summed E-state index contributed by atoms with van der Waals surface area (Å²) in [6.45, 7) is 0. The molecular formula is C25H21N3O3. The molecule has 0 spiro atoms. The van der Waals surface area contributed by atoms with Crippen LogP contribution >= 0.6 is 0 Å². The number of benzene rings is 3. The molecule has 4 rings (SSSR count). The van der Waals surface area contributed by atoms with Gasteiger partial charge in [-0.1, -0.05) is 66.7 Å². The standard InChI is InChI=1S/C25H21N3O3/c26-25(30)19-12-7-13-20(16-19)27-21(29)14-15-22-28-23(17-8-3-1-4-9-17)24(31-22)18-10-5-2-6-11-18/h1-13,16H,14-15H2,(H2,26,30)(H,27,29). The maximum absolute atomic E-state index is 12.4. The van der Waals surface area contributed by atoms with Crippen LogP contribution in [0, 0.1) is 0 Å². The van der Waals surface area contributed by atoms with Gasteiger partial charge in [0.2, 0.25) is 11.8 Å². The number of hydrogen-bond donors (Lipinski definition) is 2. The Bertz CT molecular complexity index is 1140. The first-order valence-electron chi connectivity index (χ1n) is 9.90. The first kappa shape index (κ1) is 20.1. The lowest BCUT2D eigenvalue weighted by Crippen LogP contribution is -2.14. The second-order valence-corrected chi connectivity index (χ2v) is 7.01. The van der Waals surface area contributed by atoms with Crippen molar-refractivity contribution in [1.82, 2.24) is 4.98 Å². The molecule has 0 aliphatic heterocycles. The monoisotopic (exact) mass is 411 g/mol. The number of anilines is 1. The Morgan fingerprint density at radius 2 is 1.55 bits per heavy atom. The van der Waals surface area contributed by atoms with E-state index >= 15 is 0 Å². The van der Waals surface area contributed by atoms with Gasteiger partial charge in [-0.25, -0.2) is 4.98 Å². The van der Waals surface area contributed by atoms with Gasteiger partial charge in [0.1, 0.15) is 5.69 Å². The minimum atomic E-state index is -0.544. The lowest BCUT2D eigenvalue weighted by molar-refractivity contribution is -0.116. The van der Waals surface area contributed by atoms with E-state index < -0.39 is 5.91 Å². The van der Waals surface area contributed by atoms with Crippen molar-refractivity contribution in [3.05, 3.63) is 96.4 Å². The molecule has 1 aromatic heterocycles. The summed E-state index contributed by atoms with van der Waals surface area (Å²) in [5.74, 6) is 0.412. The lowest BCUT2D eigenvalue weighted by Gasteiger charge is -2.05. The Kier molecular flexibility index (Phi) is 5.89. The molecule has 31 heavy (non-hydrogen) atoms. The van der Waals surface area contributed by atoms with Crippen LogP contribution in [-0.4, -0.2) is 16.8 Å². The van der Waals surface area contributed by atoms with Crippen LogP contribution in [0.1, 0.15) is 22.7 Å². The van der Waals surface area contributed by atoms with E-state index in [-0.39, 0.29) is 12.3 Å². The van der Waals surface area contributed by atoms with Gasteiger partial charge in [-0.15, -0.1) is 0 Å². The fourth-order valence-electron chi connectivity index (χ4n) is 3.24. The number of oxazole rings is 1. The van der Waals surface area contributed by atoms with E-state index in [1.165, 1.54) is 0 Å². The van der Waals surface area contributed by atoms with Gasteiger partial charge < -0.3 is 15.5 Å². The molecule has 2 amide bonds. The van der Waals surface area contributed by atoms with Crippen LogP contribution < -0.4 is 11.1 Å². The molecule has 6 heteroatoms. The van der Waals surface area contributed by atoms with E-state index in [0.717, 1.165) is 16.8 Å². The molecule has 4 aromatic rings. The Labute approximate surface area is 179 Å². The van der Waals surface area contributed by atoms with Crippen LogP contribution in [0.2, 0.25) is 0 Å². The van der Waals surface area contributed by atoms with E-state index in [9.17, 15) is 9.59 Å². The number of nitrogens with zero attached hydrogens (tertiary/aromatic N) is 1. The third-order valence-corrected chi connectivity index (χ3v) is 4.75. The third-order valence-electron chi connectivity index (χ3n) is 4.75. The van der Waals surface area contributed by atoms with Gasteiger partial charge in [0, 0.05) is 35.2 Å². The lowest BCUT2D eigenvalue weighted by atomic mass is 10.1. The normalized spacial score (nSPS) is 10.6. The first-order valence-corrected chi connectivity index (χ1v) is 9.90. The quantitative estimate of drug-likeness (QED) is 0.461. The topological polar surface area (TPSA) is 98.2 Å². The highest BCUT2D eigenvalue weighted by atomic mass is 16.4. The fourth-order valence-corrected chi connectivity index (χ4v) is 3.24. The molecule has 154 valence electrons. The molecule has 0 unspecified atom stereocenters. The first-order chi connectivity index (χ1) is 15.1. The SMILES string of the molecule is NC(=O)c1cccc(NC(=O)CCc2nc(-c3ccccc3)c(-c3ccccc3)o2)c1. The molecular weight excluding hydrogens is 390 g/mol. The van der Waals surface area contributed by atoms with Crippen molar-refractivity contribution >= 4 is 17.5 Å². The molecule has 0 aliphatic rings. The molecule has 0 saturated carbocycles. The summed E-state index contributed by atoms with van der Waals surface area (Å²) < 4.78 is 6.05. The number of nitrogens with two attached hydrogens (primary N) is 1. The van der Waals surface area contributed by atoms with Gasteiger partial charge in [-0.3, -0.25) is 9.59 Å². The van der Waals surface area contributed by atoms with E-state index in [0.29, 0.717) is 29.3 Å². The predicted molar refractivity (Wildman–Crippen MR) is 119 cm³/mol. The second kappa shape index (κ2) is 9.09. The van der Waals surface area contributed by atoms with Crippen molar-refractivity contribution in [3.63, 3.8) is 0 Å². The highest BCUT2D eigenvalue weighted by molar-refractivity contribution is 5.96. The summed E-state index contributed by atoms with van der Waals surface area (Å²) >= 11 is 0. The van der Waals surface area contributed by atoms with Crippen LogP contribution in [0.15, 0.2) is 89.3 Å². The van der Waals surface area contributed by atoms with Gasteiger partial charge in [0.15, 0.2) is 11.7 Å². The zero-order valence-corrected chi connectivity index (χ0v) is 16.7. The number of hydrogen-bond acceptors (Lipinski definition) is 4. The van der Waals surface area contributed by atoms with E-state index in [1.807, 2.05) is 60.7 Å². The minimum Gasteiger partial charge on any atom is -0.440 e. The summed E-state index contributed by atoms with van der Waals surface area (Å²) in [7, 11) is 0. The van der Waals surface area contributed by atoms with Crippen molar-refractivity contribution in [2.75, 3.05) is 5.32 Å².